The van der Waals surface area contributed by atoms with Gasteiger partial charge in [-0.25, -0.2) is 14.4 Å². The van der Waals surface area contributed by atoms with Gasteiger partial charge in [0, 0.05) is 44.4 Å². The van der Waals surface area contributed by atoms with E-state index in [0.29, 0.717) is 12.4 Å². The molecule has 31 heavy (non-hydrogen) atoms. The molecular weight excluding hydrogens is 393 g/mol. The molecule has 1 aromatic carbocycles. The van der Waals surface area contributed by atoms with Crippen molar-refractivity contribution in [1.82, 2.24) is 19.9 Å². The smallest absolute Gasteiger partial charge is 0.180 e. The average Bonchev–Trinajstić information content (AvgIpc) is 2.81. The van der Waals surface area contributed by atoms with Gasteiger partial charge in [0.2, 0.25) is 0 Å². The second-order valence-corrected chi connectivity index (χ2v) is 7.44. The van der Waals surface area contributed by atoms with E-state index in [1.54, 1.807) is 6.20 Å². The van der Waals surface area contributed by atoms with E-state index in [-0.39, 0.29) is 5.82 Å². The number of pyridine rings is 1. The Bertz CT molecular complexity index is 1010. The highest BCUT2D eigenvalue weighted by molar-refractivity contribution is 5.57. The van der Waals surface area contributed by atoms with E-state index in [2.05, 4.69) is 21.8 Å². The van der Waals surface area contributed by atoms with E-state index in [1.165, 1.54) is 18.4 Å². The van der Waals surface area contributed by atoms with Crippen LogP contribution in [0.25, 0.3) is 11.5 Å². The molecule has 0 fully saturated rings. The van der Waals surface area contributed by atoms with Crippen molar-refractivity contribution in [3.05, 3.63) is 84.1 Å². The van der Waals surface area contributed by atoms with Crippen LogP contribution >= 0.6 is 0 Å². The molecule has 0 atom stereocenters. The lowest BCUT2D eigenvalue weighted by Gasteiger charge is -2.29. The summed E-state index contributed by atoms with van der Waals surface area (Å²) in [6, 6.07) is 12.4. The minimum absolute atomic E-state index is 0.213. The van der Waals surface area contributed by atoms with Gasteiger partial charge in [0.1, 0.15) is 17.3 Å². The number of rotatable bonds is 9. The topological polar surface area (TPSA) is 63.2 Å². The Morgan fingerprint density at radius 2 is 2.03 bits per heavy atom. The molecule has 1 aliphatic rings. The van der Waals surface area contributed by atoms with Crippen LogP contribution in [0, 0.1) is 5.82 Å². The quantitative estimate of drug-likeness (QED) is 0.414. The number of nitrogens with one attached hydrogen (secondary N) is 1. The molecule has 0 saturated heterocycles. The molecular formula is C24H26FN5O. The third kappa shape index (κ3) is 5.44. The summed E-state index contributed by atoms with van der Waals surface area (Å²) in [4.78, 5) is 16.4. The maximum atomic E-state index is 13.2. The summed E-state index contributed by atoms with van der Waals surface area (Å²) in [6.07, 6.45) is 4.87. The number of anilines is 1. The number of aromatic nitrogens is 3. The summed E-state index contributed by atoms with van der Waals surface area (Å²) in [5.41, 5.74) is 4.01. The van der Waals surface area contributed by atoms with Crippen LogP contribution < -0.4 is 5.32 Å². The highest BCUT2D eigenvalue weighted by Gasteiger charge is 2.23. The van der Waals surface area contributed by atoms with E-state index in [1.807, 2.05) is 30.3 Å². The third-order valence-corrected chi connectivity index (χ3v) is 5.20. The zero-order valence-corrected chi connectivity index (χ0v) is 17.4. The molecule has 4 rings (SSSR count). The zero-order chi connectivity index (χ0) is 21.5. The van der Waals surface area contributed by atoms with Gasteiger partial charge in [0.15, 0.2) is 5.82 Å². The number of ether oxygens (including phenoxy) is 1. The van der Waals surface area contributed by atoms with Crippen LogP contribution in [-0.4, -0.2) is 39.5 Å². The maximum Gasteiger partial charge on any atom is 0.180 e. The molecule has 0 saturated carbocycles. The Morgan fingerprint density at radius 1 is 1.16 bits per heavy atom. The first-order valence-corrected chi connectivity index (χ1v) is 10.5. The Kier molecular flexibility index (Phi) is 6.84. The van der Waals surface area contributed by atoms with Gasteiger partial charge < -0.3 is 10.1 Å². The van der Waals surface area contributed by atoms with E-state index in [0.717, 1.165) is 67.4 Å². The second kappa shape index (κ2) is 10.1. The van der Waals surface area contributed by atoms with E-state index in [9.17, 15) is 4.39 Å². The molecule has 6 nitrogen and oxygen atoms in total. The number of fused-ring (bicyclic) bond motifs is 1. The largest absolute Gasteiger partial charge is 0.502 e. The summed E-state index contributed by atoms with van der Waals surface area (Å²) in [5, 5.41) is 3.46. The van der Waals surface area contributed by atoms with Crippen LogP contribution in [-0.2, 0) is 24.2 Å². The highest BCUT2D eigenvalue weighted by atomic mass is 19.1. The van der Waals surface area contributed by atoms with Crippen LogP contribution in [0.15, 0.2) is 61.5 Å². The standard InChI is InChI=1S/C24H26FN5O/c1-2-31-15-5-13-27-23-20-17-30(16-18-7-9-19(25)10-8-18)14-11-21(20)28-24(29-23)22-6-3-4-12-26-22/h2-4,6-10,12H,1,5,11,13-17H2,(H,27,28,29). The monoisotopic (exact) mass is 419 g/mol. The molecule has 1 aliphatic heterocycles. The molecule has 1 N–H and O–H groups in total. The van der Waals surface area contributed by atoms with Crippen LogP contribution in [0.4, 0.5) is 10.2 Å². The van der Waals surface area contributed by atoms with E-state index < -0.39 is 0 Å². The number of nitrogens with zero attached hydrogens (tertiary/aromatic N) is 4. The molecule has 2 aromatic heterocycles. The molecule has 0 spiro atoms. The number of benzene rings is 1. The molecule has 0 radical (unpaired) electrons. The fraction of sp³-hybridized carbons (Fsp3) is 0.292. The van der Waals surface area contributed by atoms with Gasteiger partial charge in [0.05, 0.1) is 18.6 Å². The normalized spacial score (nSPS) is 13.5. The summed E-state index contributed by atoms with van der Waals surface area (Å²) in [5.74, 6) is 1.26. The van der Waals surface area contributed by atoms with Crippen LogP contribution in [0.1, 0.15) is 23.2 Å². The van der Waals surface area contributed by atoms with Gasteiger partial charge in [-0.3, -0.25) is 9.88 Å². The number of halogens is 1. The van der Waals surface area contributed by atoms with Gasteiger partial charge in [-0.05, 0) is 36.2 Å². The lowest BCUT2D eigenvalue weighted by Crippen LogP contribution is -2.32. The molecule has 3 aromatic rings. The Balaban J connectivity index is 1.55. The van der Waals surface area contributed by atoms with Crippen molar-refractivity contribution in [2.45, 2.75) is 25.9 Å². The SMILES string of the molecule is C=COCCCNc1nc(-c2ccccn2)nc2c1CN(Cc1ccc(F)cc1)CC2. The number of hydrogen-bond acceptors (Lipinski definition) is 6. The van der Waals surface area contributed by atoms with Crippen molar-refractivity contribution >= 4 is 5.82 Å². The Hall–Kier alpha value is -3.32. The van der Waals surface area contributed by atoms with Crippen molar-refractivity contribution in [3.63, 3.8) is 0 Å². The van der Waals surface area contributed by atoms with Gasteiger partial charge in [0.25, 0.3) is 0 Å². The van der Waals surface area contributed by atoms with E-state index in [4.69, 9.17) is 14.7 Å². The molecule has 0 amide bonds. The first-order chi connectivity index (χ1) is 15.2. The number of hydrogen-bond donors (Lipinski definition) is 1. The lowest BCUT2D eigenvalue weighted by molar-refractivity contribution is 0.243. The third-order valence-electron chi connectivity index (χ3n) is 5.20. The fourth-order valence-electron chi connectivity index (χ4n) is 3.65. The summed E-state index contributed by atoms with van der Waals surface area (Å²) in [7, 11) is 0. The molecule has 0 aliphatic carbocycles. The van der Waals surface area contributed by atoms with Crippen LogP contribution in [0.5, 0.6) is 0 Å². The molecule has 0 unspecified atom stereocenters. The van der Waals surface area contributed by atoms with Crippen molar-refractivity contribution in [3.8, 4) is 11.5 Å². The average molecular weight is 420 g/mol. The Labute approximate surface area is 181 Å². The Morgan fingerprint density at radius 3 is 2.81 bits per heavy atom. The minimum atomic E-state index is -0.213. The maximum absolute atomic E-state index is 13.2. The van der Waals surface area contributed by atoms with Gasteiger partial charge in [-0.2, -0.15) is 0 Å². The van der Waals surface area contributed by atoms with Gasteiger partial charge in [-0.15, -0.1) is 0 Å². The predicted octanol–water partition coefficient (Wildman–Crippen LogP) is 4.20. The van der Waals surface area contributed by atoms with Crippen molar-refractivity contribution < 1.29 is 9.13 Å². The molecule has 0 bridgehead atoms. The fourth-order valence-corrected chi connectivity index (χ4v) is 3.65. The summed E-state index contributed by atoms with van der Waals surface area (Å²) < 4.78 is 18.4. The summed E-state index contributed by atoms with van der Waals surface area (Å²) in [6.45, 7) is 7.29. The first kappa shape index (κ1) is 20.9. The lowest BCUT2D eigenvalue weighted by atomic mass is 10.0. The second-order valence-electron chi connectivity index (χ2n) is 7.44. The molecule has 7 heteroatoms. The van der Waals surface area contributed by atoms with Crippen LogP contribution in [0.2, 0.25) is 0 Å². The van der Waals surface area contributed by atoms with Crippen molar-refractivity contribution in [2.75, 3.05) is 25.0 Å². The first-order valence-electron chi connectivity index (χ1n) is 10.5. The van der Waals surface area contributed by atoms with Crippen LogP contribution in [0.3, 0.4) is 0 Å². The van der Waals surface area contributed by atoms with Gasteiger partial charge in [-0.1, -0.05) is 24.8 Å². The zero-order valence-electron chi connectivity index (χ0n) is 17.4. The predicted molar refractivity (Wildman–Crippen MR) is 119 cm³/mol. The molecule has 160 valence electrons. The molecule has 3 heterocycles. The van der Waals surface area contributed by atoms with Gasteiger partial charge >= 0.3 is 0 Å². The highest BCUT2D eigenvalue weighted by Crippen LogP contribution is 2.27. The van der Waals surface area contributed by atoms with Crippen molar-refractivity contribution in [2.24, 2.45) is 0 Å². The minimum Gasteiger partial charge on any atom is -0.502 e. The van der Waals surface area contributed by atoms with E-state index >= 15 is 0 Å². The van der Waals surface area contributed by atoms with Crippen molar-refractivity contribution in [1.29, 1.82) is 0 Å². The summed E-state index contributed by atoms with van der Waals surface area (Å²) >= 11 is 0.